The van der Waals surface area contributed by atoms with Crippen molar-refractivity contribution < 1.29 is 4.79 Å². The van der Waals surface area contributed by atoms with Crippen LogP contribution in [0.5, 0.6) is 0 Å². The fraction of sp³-hybridized carbons (Fsp3) is 0.538. The van der Waals surface area contributed by atoms with E-state index >= 15 is 0 Å². The van der Waals surface area contributed by atoms with E-state index in [9.17, 15) is 9.59 Å². The van der Waals surface area contributed by atoms with Crippen LogP contribution in [0, 0.1) is 5.41 Å². The molecule has 1 saturated carbocycles. The maximum atomic E-state index is 12.9. The Morgan fingerprint density at radius 1 is 1.15 bits per heavy atom. The van der Waals surface area contributed by atoms with E-state index in [2.05, 4.69) is 22.4 Å². The molecule has 0 radical (unpaired) electrons. The van der Waals surface area contributed by atoms with Crippen molar-refractivity contribution in [3.8, 4) is 0 Å². The van der Waals surface area contributed by atoms with Crippen molar-refractivity contribution in [2.24, 2.45) is 0 Å². The Morgan fingerprint density at radius 2 is 1.91 bits per heavy atom. The fourth-order valence-electron chi connectivity index (χ4n) is 5.06. The number of piperidine rings is 1. The van der Waals surface area contributed by atoms with Gasteiger partial charge in [0, 0.05) is 37.2 Å². The highest BCUT2D eigenvalue weighted by Gasteiger charge is 2.28. The number of amides is 1. The highest BCUT2D eigenvalue weighted by molar-refractivity contribution is 6.00. The summed E-state index contributed by atoms with van der Waals surface area (Å²) in [5.74, 6) is 1.31. The minimum atomic E-state index is -0.265. The Bertz CT molecular complexity index is 1030. The van der Waals surface area contributed by atoms with Gasteiger partial charge in [0.25, 0.3) is 5.56 Å². The van der Waals surface area contributed by atoms with Crippen molar-refractivity contribution >= 4 is 17.4 Å². The molecule has 2 heterocycles. The largest absolute Gasteiger partial charge is 0.367 e. The van der Waals surface area contributed by atoms with Crippen molar-refractivity contribution in [2.45, 2.75) is 76.7 Å². The minimum Gasteiger partial charge on any atom is -0.367 e. The van der Waals surface area contributed by atoms with Crippen LogP contribution in [0.25, 0.3) is 0 Å². The smallest absolute Gasteiger partial charge is 0.262 e. The predicted molar refractivity (Wildman–Crippen MR) is 131 cm³/mol. The first-order chi connectivity index (χ1) is 16.0. The summed E-state index contributed by atoms with van der Waals surface area (Å²) in [6, 6.07) is 10.4. The summed E-state index contributed by atoms with van der Waals surface area (Å²) < 4.78 is 0. The summed E-state index contributed by atoms with van der Waals surface area (Å²) in [6.07, 6.45) is 8.73. The molecule has 1 aromatic carbocycles. The van der Waals surface area contributed by atoms with Gasteiger partial charge in [0.2, 0.25) is 5.91 Å². The second-order valence-electron chi connectivity index (χ2n) is 9.44. The molecule has 4 rings (SSSR count). The van der Waals surface area contributed by atoms with Gasteiger partial charge in [-0.3, -0.25) is 9.59 Å². The van der Waals surface area contributed by atoms with E-state index in [0.29, 0.717) is 36.2 Å². The van der Waals surface area contributed by atoms with Gasteiger partial charge in [0.05, 0.1) is 0 Å². The first kappa shape index (κ1) is 23.2. The van der Waals surface area contributed by atoms with Crippen molar-refractivity contribution in [1.82, 2.24) is 14.9 Å². The summed E-state index contributed by atoms with van der Waals surface area (Å²) in [5, 5.41) is 11.6. The van der Waals surface area contributed by atoms with Crippen LogP contribution in [-0.4, -0.2) is 45.6 Å². The number of aromatic nitrogens is 2. The number of carbonyl (C=O) groups excluding carboxylic acids is 1. The Kier molecular flexibility index (Phi) is 7.57. The Balaban J connectivity index is 1.48. The Labute approximate surface area is 195 Å². The molecule has 2 aromatic rings. The molecule has 1 aromatic heterocycles. The van der Waals surface area contributed by atoms with Crippen molar-refractivity contribution in [3.63, 3.8) is 0 Å². The molecule has 7 heteroatoms. The molecule has 1 atom stereocenters. The first-order valence-electron chi connectivity index (χ1n) is 12.3. The van der Waals surface area contributed by atoms with Gasteiger partial charge in [-0.25, -0.2) is 4.98 Å². The normalized spacial score (nSPS) is 19.3. The van der Waals surface area contributed by atoms with E-state index in [1.165, 1.54) is 24.8 Å². The third kappa shape index (κ3) is 5.89. The summed E-state index contributed by atoms with van der Waals surface area (Å²) in [7, 11) is 0. The van der Waals surface area contributed by atoms with E-state index in [1.807, 2.05) is 23.1 Å². The lowest BCUT2D eigenvalue weighted by Crippen LogP contribution is -2.40. The third-order valence-electron chi connectivity index (χ3n) is 6.89. The van der Waals surface area contributed by atoms with Gasteiger partial charge in [-0.2, -0.15) is 0 Å². The van der Waals surface area contributed by atoms with Crippen molar-refractivity contribution in [1.29, 1.82) is 5.41 Å². The van der Waals surface area contributed by atoms with Gasteiger partial charge in [-0.1, -0.05) is 49.6 Å². The molecule has 2 aliphatic rings. The first-order valence-corrected chi connectivity index (χ1v) is 12.3. The molecule has 0 bridgehead atoms. The van der Waals surface area contributed by atoms with Crippen LogP contribution >= 0.6 is 0 Å². The van der Waals surface area contributed by atoms with Gasteiger partial charge < -0.3 is 20.6 Å². The summed E-state index contributed by atoms with van der Waals surface area (Å²) in [5.41, 5.74) is 1.45. The predicted octanol–water partition coefficient (Wildman–Crippen LogP) is 4.24. The Morgan fingerprint density at radius 3 is 2.64 bits per heavy atom. The molecule has 1 saturated heterocycles. The maximum Gasteiger partial charge on any atom is 0.262 e. The Hall–Kier alpha value is -2.96. The molecule has 2 fully saturated rings. The zero-order valence-electron chi connectivity index (χ0n) is 19.5. The number of aryl methyl sites for hydroxylation is 1. The number of hydrogen-bond acceptors (Lipinski definition) is 5. The average Bonchev–Trinajstić information content (AvgIpc) is 2.83. The topological polar surface area (TPSA) is 102 Å². The van der Waals surface area contributed by atoms with Crippen LogP contribution in [0.2, 0.25) is 0 Å². The van der Waals surface area contributed by atoms with Crippen molar-refractivity contribution in [2.75, 3.05) is 18.4 Å². The lowest BCUT2D eigenvalue weighted by molar-refractivity contribution is -0.132. The molecule has 176 valence electrons. The highest BCUT2D eigenvalue weighted by atomic mass is 16.2. The number of nitrogens with one attached hydrogen (secondary N) is 3. The molecule has 1 amide bonds. The second-order valence-corrected chi connectivity index (χ2v) is 9.44. The number of hydrogen-bond donors (Lipinski definition) is 3. The number of aromatic amines is 1. The summed E-state index contributed by atoms with van der Waals surface area (Å²) >= 11 is 0. The molecule has 7 nitrogen and oxygen atoms in total. The van der Waals surface area contributed by atoms with Crippen LogP contribution in [0.4, 0.5) is 5.82 Å². The van der Waals surface area contributed by atoms with Gasteiger partial charge >= 0.3 is 0 Å². The van der Waals surface area contributed by atoms with E-state index in [-0.39, 0.29) is 23.1 Å². The molecule has 1 unspecified atom stereocenters. The molecular formula is C26H35N5O2. The van der Waals surface area contributed by atoms with E-state index in [1.54, 1.807) is 6.92 Å². The van der Waals surface area contributed by atoms with E-state index in [4.69, 9.17) is 10.4 Å². The van der Waals surface area contributed by atoms with Crippen LogP contribution < -0.4 is 10.9 Å². The number of H-pyrrole nitrogens is 1. The maximum absolute atomic E-state index is 12.9. The minimum absolute atomic E-state index is 0.000814. The third-order valence-corrected chi connectivity index (χ3v) is 6.89. The zero-order chi connectivity index (χ0) is 23.2. The van der Waals surface area contributed by atoms with Gasteiger partial charge in [0.1, 0.15) is 17.2 Å². The van der Waals surface area contributed by atoms with Crippen LogP contribution in [0.3, 0.4) is 0 Å². The van der Waals surface area contributed by atoms with E-state index in [0.717, 1.165) is 38.6 Å². The molecule has 33 heavy (non-hydrogen) atoms. The second kappa shape index (κ2) is 10.8. The molecule has 1 aliphatic carbocycles. The standard InChI is InChI=1S/C26H35N5O2/c1-18(27)23-25(28-21-12-6-3-7-13-21)29-24(30-26(23)33)20-11-8-16-31(17-20)22(32)15-14-19-9-4-2-5-10-19/h2,4-5,9-10,20-21,27H,3,6-8,11-17H2,1H3,(H2,28,29,30,33). The van der Waals surface area contributed by atoms with Crippen LogP contribution in [0.1, 0.15) is 81.2 Å². The quantitative estimate of drug-likeness (QED) is 0.550. The number of nitrogens with zero attached hydrogens (tertiary/aromatic N) is 2. The number of carbonyl (C=O) groups is 1. The average molecular weight is 450 g/mol. The van der Waals surface area contributed by atoms with Gasteiger partial charge in [-0.05, 0) is 44.6 Å². The molecule has 3 N–H and O–H groups in total. The SMILES string of the molecule is CC(=N)c1c(NC2CCCCC2)nc(C2CCCN(C(=O)CCc3ccccc3)C2)[nH]c1=O. The molecule has 0 spiro atoms. The number of rotatable bonds is 7. The van der Waals surface area contributed by atoms with Crippen LogP contribution in [0.15, 0.2) is 35.1 Å². The number of anilines is 1. The van der Waals surface area contributed by atoms with Gasteiger partial charge in [0.15, 0.2) is 0 Å². The lowest BCUT2D eigenvalue weighted by atomic mass is 9.95. The lowest BCUT2D eigenvalue weighted by Gasteiger charge is -2.33. The highest BCUT2D eigenvalue weighted by Crippen LogP contribution is 2.27. The van der Waals surface area contributed by atoms with Crippen molar-refractivity contribution in [3.05, 3.63) is 57.6 Å². The summed E-state index contributed by atoms with van der Waals surface area (Å²) in [6.45, 7) is 2.95. The fourth-order valence-corrected chi connectivity index (χ4v) is 5.06. The number of benzene rings is 1. The summed E-state index contributed by atoms with van der Waals surface area (Å²) in [4.78, 5) is 35.5. The van der Waals surface area contributed by atoms with Gasteiger partial charge in [-0.15, -0.1) is 0 Å². The van der Waals surface area contributed by atoms with Crippen LogP contribution in [-0.2, 0) is 11.2 Å². The molecule has 1 aliphatic heterocycles. The van der Waals surface area contributed by atoms with E-state index < -0.39 is 0 Å². The molecular weight excluding hydrogens is 414 g/mol. The zero-order valence-corrected chi connectivity index (χ0v) is 19.5. The monoisotopic (exact) mass is 449 g/mol. The number of likely N-dealkylation sites (tertiary alicyclic amines) is 1.